The number of hydrogen-bond donors (Lipinski definition) is 1. The Morgan fingerprint density at radius 3 is 3.08 bits per heavy atom. The zero-order valence-electron chi connectivity index (χ0n) is 6.59. The van der Waals surface area contributed by atoms with Gasteiger partial charge in [0.15, 0.2) is 0 Å². The van der Waals surface area contributed by atoms with Crippen LogP contribution in [0.3, 0.4) is 0 Å². The minimum atomic E-state index is 0.0312. The minimum Gasteiger partial charge on any atom is -0.358 e. The standard InChI is InChI=1S/C9H10ClNO/c10-8-3-1-2-7(6-8)9-11-4-5-12-9/h1-3,6,9,11H,4-5H2. The third kappa shape index (κ3) is 1.61. The Morgan fingerprint density at radius 2 is 2.42 bits per heavy atom. The second-order valence-electron chi connectivity index (χ2n) is 2.76. The average molecular weight is 184 g/mol. The molecule has 1 N–H and O–H groups in total. The van der Waals surface area contributed by atoms with Gasteiger partial charge in [-0.25, -0.2) is 0 Å². The predicted molar refractivity (Wildman–Crippen MR) is 48.1 cm³/mol. The molecule has 64 valence electrons. The van der Waals surface area contributed by atoms with Gasteiger partial charge in [-0.05, 0) is 17.7 Å². The zero-order chi connectivity index (χ0) is 8.39. The van der Waals surface area contributed by atoms with E-state index >= 15 is 0 Å². The van der Waals surface area contributed by atoms with Gasteiger partial charge in [-0.15, -0.1) is 0 Å². The Bertz CT molecular complexity index is 271. The van der Waals surface area contributed by atoms with Gasteiger partial charge in [-0.2, -0.15) is 0 Å². The van der Waals surface area contributed by atoms with Crippen molar-refractivity contribution in [3.8, 4) is 0 Å². The molecule has 0 saturated carbocycles. The van der Waals surface area contributed by atoms with E-state index in [1.54, 1.807) is 0 Å². The fourth-order valence-electron chi connectivity index (χ4n) is 1.31. The number of ether oxygens (including phenoxy) is 1. The van der Waals surface area contributed by atoms with E-state index in [-0.39, 0.29) is 6.23 Å². The van der Waals surface area contributed by atoms with E-state index in [1.165, 1.54) is 0 Å². The van der Waals surface area contributed by atoms with Crippen molar-refractivity contribution in [1.29, 1.82) is 0 Å². The number of rotatable bonds is 1. The van der Waals surface area contributed by atoms with Crippen molar-refractivity contribution in [2.75, 3.05) is 13.2 Å². The fourth-order valence-corrected chi connectivity index (χ4v) is 1.51. The van der Waals surface area contributed by atoms with Crippen molar-refractivity contribution in [2.24, 2.45) is 0 Å². The summed E-state index contributed by atoms with van der Waals surface area (Å²) in [5, 5.41) is 3.97. The lowest BCUT2D eigenvalue weighted by Crippen LogP contribution is -2.13. The molecule has 1 aromatic carbocycles. The molecule has 0 bridgehead atoms. The fraction of sp³-hybridized carbons (Fsp3) is 0.333. The molecule has 1 unspecified atom stereocenters. The molecule has 3 heteroatoms. The maximum atomic E-state index is 5.84. The van der Waals surface area contributed by atoms with Crippen LogP contribution in [0.4, 0.5) is 0 Å². The first-order valence-electron chi connectivity index (χ1n) is 3.97. The average Bonchev–Trinajstić information content (AvgIpc) is 2.56. The molecule has 0 spiro atoms. The molecular formula is C9H10ClNO. The second kappa shape index (κ2) is 3.44. The summed E-state index contributed by atoms with van der Waals surface area (Å²) < 4.78 is 5.42. The molecule has 0 aromatic heterocycles. The summed E-state index contributed by atoms with van der Waals surface area (Å²) >= 11 is 5.84. The Labute approximate surface area is 76.5 Å². The van der Waals surface area contributed by atoms with Crippen molar-refractivity contribution in [1.82, 2.24) is 5.32 Å². The van der Waals surface area contributed by atoms with Crippen molar-refractivity contribution in [2.45, 2.75) is 6.23 Å². The van der Waals surface area contributed by atoms with Crippen LogP contribution in [-0.4, -0.2) is 13.2 Å². The number of halogens is 1. The summed E-state index contributed by atoms with van der Waals surface area (Å²) in [6.45, 7) is 1.69. The van der Waals surface area contributed by atoms with E-state index < -0.39 is 0 Å². The van der Waals surface area contributed by atoms with E-state index in [9.17, 15) is 0 Å². The quantitative estimate of drug-likeness (QED) is 0.719. The minimum absolute atomic E-state index is 0.0312. The van der Waals surface area contributed by atoms with Crippen LogP contribution in [-0.2, 0) is 4.74 Å². The Morgan fingerprint density at radius 1 is 1.50 bits per heavy atom. The van der Waals surface area contributed by atoms with E-state index in [1.807, 2.05) is 24.3 Å². The van der Waals surface area contributed by atoms with Crippen LogP contribution < -0.4 is 5.32 Å². The van der Waals surface area contributed by atoms with Gasteiger partial charge in [0.1, 0.15) is 6.23 Å². The molecule has 12 heavy (non-hydrogen) atoms. The first-order chi connectivity index (χ1) is 5.86. The van der Waals surface area contributed by atoms with Crippen molar-refractivity contribution >= 4 is 11.6 Å². The van der Waals surface area contributed by atoms with Crippen LogP contribution in [0, 0.1) is 0 Å². The molecule has 1 aliphatic heterocycles. The van der Waals surface area contributed by atoms with Gasteiger partial charge in [-0.3, -0.25) is 5.32 Å². The van der Waals surface area contributed by atoms with Gasteiger partial charge < -0.3 is 4.74 Å². The summed E-state index contributed by atoms with van der Waals surface area (Å²) in [4.78, 5) is 0. The molecule has 1 saturated heterocycles. The van der Waals surface area contributed by atoms with Crippen LogP contribution in [0.25, 0.3) is 0 Å². The van der Waals surface area contributed by atoms with Crippen molar-refractivity contribution < 1.29 is 4.74 Å². The highest BCUT2D eigenvalue weighted by molar-refractivity contribution is 6.30. The van der Waals surface area contributed by atoms with Gasteiger partial charge in [0.05, 0.1) is 6.61 Å². The topological polar surface area (TPSA) is 21.3 Å². The molecule has 1 fully saturated rings. The normalized spacial score (nSPS) is 22.9. The van der Waals surface area contributed by atoms with Crippen molar-refractivity contribution in [3.63, 3.8) is 0 Å². The van der Waals surface area contributed by atoms with Crippen LogP contribution in [0.1, 0.15) is 11.8 Å². The SMILES string of the molecule is Clc1cccc(C2NCCO2)c1. The first-order valence-corrected chi connectivity index (χ1v) is 4.34. The van der Waals surface area contributed by atoms with Crippen LogP contribution in [0.5, 0.6) is 0 Å². The molecule has 0 radical (unpaired) electrons. The summed E-state index contributed by atoms with van der Waals surface area (Å²) in [7, 11) is 0. The third-order valence-corrected chi connectivity index (χ3v) is 2.10. The molecule has 1 atom stereocenters. The van der Waals surface area contributed by atoms with Crippen LogP contribution in [0.2, 0.25) is 5.02 Å². The van der Waals surface area contributed by atoms with Crippen molar-refractivity contribution in [3.05, 3.63) is 34.9 Å². The van der Waals surface area contributed by atoms with Gasteiger partial charge in [0, 0.05) is 11.6 Å². The van der Waals surface area contributed by atoms with Crippen LogP contribution >= 0.6 is 11.6 Å². The summed E-state index contributed by atoms with van der Waals surface area (Å²) in [6.07, 6.45) is 0.0312. The van der Waals surface area contributed by atoms with E-state index in [4.69, 9.17) is 16.3 Å². The highest BCUT2D eigenvalue weighted by Crippen LogP contribution is 2.20. The lowest BCUT2D eigenvalue weighted by molar-refractivity contribution is 0.102. The highest BCUT2D eigenvalue weighted by atomic mass is 35.5. The van der Waals surface area contributed by atoms with Gasteiger partial charge >= 0.3 is 0 Å². The molecule has 1 aliphatic rings. The number of nitrogens with one attached hydrogen (secondary N) is 1. The molecule has 1 heterocycles. The lowest BCUT2D eigenvalue weighted by atomic mass is 10.2. The predicted octanol–water partition coefficient (Wildman–Crippen LogP) is 1.96. The summed E-state index contributed by atoms with van der Waals surface area (Å²) in [6, 6.07) is 7.72. The Kier molecular flexibility index (Phi) is 2.30. The monoisotopic (exact) mass is 183 g/mol. The molecule has 0 amide bonds. The third-order valence-electron chi connectivity index (χ3n) is 1.87. The maximum absolute atomic E-state index is 5.84. The zero-order valence-corrected chi connectivity index (χ0v) is 7.34. The van der Waals surface area contributed by atoms with E-state index in [0.29, 0.717) is 0 Å². The molecule has 2 rings (SSSR count). The summed E-state index contributed by atoms with van der Waals surface area (Å²) in [5.41, 5.74) is 1.10. The first kappa shape index (κ1) is 8.05. The maximum Gasteiger partial charge on any atom is 0.134 e. The number of benzene rings is 1. The molecule has 0 aliphatic carbocycles. The molecular weight excluding hydrogens is 174 g/mol. The van der Waals surface area contributed by atoms with Gasteiger partial charge in [0.2, 0.25) is 0 Å². The Hall–Kier alpha value is -0.570. The summed E-state index contributed by atoms with van der Waals surface area (Å²) in [5.74, 6) is 0. The molecule has 1 aromatic rings. The second-order valence-corrected chi connectivity index (χ2v) is 3.20. The Balaban J connectivity index is 2.21. The smallest absolute Gasteiger partial charge is 0.134 e. The van der Waals surface area contributed by atoms with Gasteiger partial charge in [-0.1, -0.05) is 23.7 Å². The van der Waals surface area contributed by atoms with Gasteiger partial charge in [0.25, 0.3) is 0 Å². The largest absolute Gasteiger partial charge is 0.358 e. The van der Waals surface area contributed by atoms with E-state index in [2.05, 4.69) is 5.32 Å². The lowest BCUT2D eigenvalue weighted by Gasteiger charge is -2.09. The molecule has 2 nitrogen and oxygen atoms in total. The van der Waals surface area contributed by atoms with E-state index in [0.717, 1.165) is 23.7 Å². The number of hydrogen-bond acceptors (Lipinski definition) is 2. The van der Waals surface area contributed by atoms with Crippen LogP contribution in [0.15, 0.2) is 24.3 Å². The highest BCUT2D eigenvalue weighted by Gasteiger charge is 2.15.